The second-order valence-electron chi connectivity index (χ2n) is 6.19. The molecule has 0 radical (unpaired) electrons. The number of amides is 2. The van der Waals surface area contributed by atoms with Crippen LogP contribution in [0.5, 0.6) is 5.75 Å². The van der Waals surface area contributed by atoms with E-state index in [1.165, 1.54) is 0 Å². The molecule has 0 aliphatic heterocycles. The summed E-state index contributed by atoms with van der Waals surface area (Å²) in [4.78, 5) is 18.4. The molecule has 2 aromatic carbocycles. The Labute approximate surface area is 158 Å². The van der Waals surface area contributed by atoms with Gasteiger partial charge >= 0.3 is 6.03 Å². The molecule has 1 N–H and O–H groups in total. The first-order chi connectivity index (χ1) is 13.1. The van der Waals surface area contributed by atoms with Crippen LogP contribution in [0.3, 0.4) is 0 Å². The van der Waals surface area contributed by atoms with Crippen molar-refractivity contribution >= 4 is 11.7 Å². The summed E-state index contributed by atoms with van der Waals surface area (Å²) >= 11 is 0. The van der Waals surface area contributed by atoms with E-state index in [1.807, 2.05) is 55.5 Å². The molecule has 0 fully saturated rings. The summed E-state index contributed by atoms with van der Waals surface area (Å²) in [6.07, 6.45) is 0.491. The molecule has 2 amide bonds. The predicted molar refractivity (Wildman–Crippen MR) is 103 cm³/mol. The van der Waals surface area contributed by atoms with Crippen molar-refractivity contribution in [1.82, 2.24) is 15.0 Å². The van der Waals surface area contributed by atoms with E-state index < -0.39 is 0 Å². The molecule has 1 heterocycles. The molecule has 1 aromatic heterocycles. The van der Waals surface area contributed by atoms with Crippen LogP contribution in [0.1, 0.15) is 11.4 Å². The van der Waals surface area contributed by atoms with Crippen molar-refractivity contribution in [3.8, 4) is 17.2 Å². The second-order valence-corrected chi connectivity index (χ2v) is 6.19. The number of carbonyl (C=O) groups is 1. The number of nitrogens with one attached hydrogen (secondary N) is 1. The van der Waals surface area contributed by atoms with E-state index in [2.05, 4.69) is 15.5 Å². The summed E-state index contributed by atoms with van der Waals surface area (Å²) in [5, 5.41) is 6.85. The maximum absolute atomic E-state index is 12.4. The van der Waals surface area contributed by atoms with Crippen LogP contribution in [0, 0.1) is 6.92 Å². The van der Waals surface area contributed by atoms with Gasteiger partial charge in [-0.3, -0.25) is 0 Å². The fraction of sp³-hybridized carbons (Fsp3) is 0.250. The molecule has 0 aliphatic carbocycles. The summed E-state index contributed by atoms with van der Waals surface area (Å²) in [5.41, 5.74) is 2.54. The van der Waals surface area contributed by atoms with Crippen LogP contribution < -0.4 is 10.1 Å². The predicted octanol–water partition coefficient (Wildman–Crippen LogP) is 3.76. The van der Waals surface area contributed by atoms with Crippen molar-refractivity contribution in [2.24, 2.45) is 0 Å². The van der Waals surface area contributed by atoms with Crippen LogP contribution in [0.15, 0.2) is 53.1 Å². The number of ether oxygens (including phenoxy) is 1. The maximum Gasteiger partial charge on any atom is 0.321 e. The monoisotopic (exact) mass is 366 g/mol. The van der Waals surface area contributed by atoms with E-state index >= 15 is 0 Å². The topological polar surface area (TPSA) is 80.5 Å². The van der Waals surface area contributed by atoms with Gasteiger partial charge in [-0.1, -0.05) is 29.4 Å². The molecule has 7 nitrogen and oxygen atoms in total. The number of hydrogen-bond acceptors (Lipinski definition) is 5. The van der Waals surface area contributed by atoms with Crippen LogP contribution in [0.4, 0.5) is 10.5 Å². The van der Waals surface area contributed by atoms with Crippen molar-refractivity contribution < 1.29 is 14.1 Å². The van der Waals surface area contributed by atoms with Gasteiger partial charge in [-0.2, -0.15) is 4.98 Å². The third kappa shape index (κ3) is 4.63. The first-order valence-electron chi connectivity index (χ1n) is 8.61. The lowest BCUT2D eigenvalue weighted by molar-refractivity contribution is 0.222. The van der Waals surface area contributed by atoms with Gasteiger partial charge in [-0.05, 0) is 36.8 Å². The first kappa shape index (κ1) is 18.4. The maximum atomic E-state index is 12.4. The lowest BCUT2D eigenvalue weighted by Gasteiger charge is -2.18. The highest BCUT2D eigenvalue weighted by molar-refractivity contribution is 5.91. The van der Waals surface area contributed by atoms with Crippen LogP contribution in [-0.2, 0) is 6.42 Å². The van der Waals surface area contributed by atoms with Crippen LogP contribution in [0.25, 0.3) is 11.5 Å². The summed E-state index contributed by atoms with van der Waals surface area (Å²) in [5.74, 6) is 1.65. The Morgan fingerprint density at radius 1 is 1.22 bits per heavy atom. The molecule has 7 heteroatoms. The van der Waals surface area contributed by atoms with E-state index in [9.17, 15) is 4.79 Å². The van der Waals surface area contributed by atoms with E-state index in [0.717, 1.165) is 11.1 Å². The van der Waals surface area contributed by atoms with Gasteiger partial charge in [0.1, 0.15) is 5.75 Å². The number of anilines is 1. The fourth-order valence-corrected chi connectivity index (χ4v) is 2.55. The highest BCUT2D eigenvalue weighted by Crippen LogP contribution is 2.25. The number of hydrogen-bond donors (Lipinski definition) is 1. The number of aryl methyl sites for hydroxylation is 1. The molecule has 0 bridgehead atoms. The molecule has 27 heavy (non-hydrogen) atoms. The van der Waals surface area contributed by atoms with E-state index in [4.69, 9.17) is 9.26 Å². The quantitative estimate of drug-likeness (QED) is 0.718. The van der Waals surface area contributed by atoms with Gasteiger partial charge in [0.2, 0.25) is 0 Å². The molecular weight excluding hydrogens is 344 g/mol. The molecule has 0 unspecified atom stereocenters. The minimum absolute atomic E-state index is 0.231. The number of benzene rings is 2. The Morgan fingerprint density at radius 2 is 2.00 bits per heavy atom. The molecule has 0 saturated carbocycles. The lowest BCUT2D eigenvalue weighted by atomic mass is 10.2. The zero-order valence-corrected chi connectivity index (χ0v) is 15.6. The minimum atomic E-state index is -0.231. The number of urea groups is 1. The fourth-order valence-electron chi connectivity index (χ4n) is 2.55. The standard InChI is InChI=1S/C20H22N4O3/c1-14-9-10-17(26-3)16(13-14)21-20(25)24(2)12-11-18-22-19(27-23-18)15-7-5-4-6-8-15/h4-10,13H,11-12H2,1-3H3,(H,21,25). The number of carbonyl (C=O) groups excluding carboxylic acids is 1. The van der Waals surface area contributed by atoms with Gasteiger partial charge in [-0.15, -0.1) is 0 Å². The zero-order valence-electron chi connectivity index (χ0n) is 15.6. The largest absolute Gasteiger partial charge is 0.495 e. The molecule has 140 valence electrons. The van der Waals surface area contributed by atoms with Crippen LogP contribution >= 0.6 is 0 Å². The molecule has 3 aromatic rings. The highest BCUT2D eigenvalue weighted by atomic mass is 16.5. The van der Waals surface area contributed by atoms with Crippen molar-refractivity contribution in [1.29, 1.82) is 0 Å². The molecule has 0 atom stereocenters. The lowest BCUT2D eigenvalue weighted by Crippen LogP contribution is -2.33. The molecule has 0 saturated heterocycles. The van der Waals surface area contributed by atoms with Crippen molar-refractivity contribution in [3.63, 3.8) is 0 Å². The minimum Gasteiger partial charge on any atom is -0.495 e. The third-order valence-corrected chi connectivity index (χ3v) is 4.10. The summed E-state index contributed by atoms with van der Waals surface area (Å²) in [7, 11) is 3.29. The second kappa shape index (κ2) is 8.35. The van der Waals surface area contributed by atoms with Gasteiger partial charge in [0.05, 0.1) is 12.8 Å². The van der Waals surface area contributed by atoms with Crippen LogP contribution in [0.2, 0.25) is 0 Å². The van der Waals surface area contributed by atoms with E-state index in [1.54, 1.807) is 19.1 Å². The summed E-state index contributed by atoms with van der Waals surface area (Å²) in [6.45, 7) is 2.41. The Morgan fingerprint density at radius 3 is 2.74 bits per heavy atom. The molecular formula is C20H22N4O3. The number of aromatic nitrogens is 2. The Hall–Kier alpha value is -3.35. The molecule has 3 rings (SSSR count). The number of likely N-dealkylation sites (N-methyl/N-ethyl adjacent to an activating group) is 1. The van der Waals surface area contributed by atoms with Crippen molar-refractivity contribution in [2.45, 2.75) is 13.3 Å². The van der Waals surface area contributed by atoms with Crippen molar-refractivity contribution in [2.75, 3.05) is 26.0 Å². The Balaban J connectivity index is 1.58. The van der Waals surface area contributed by atoms with E-state index in [0.29, 0.717) is 36.1 Å². The summed E-state index contributed by atoms with van der Waals surface area (Å²) in [6, 6.07) is 15.0. The SMILES string of the molecule is COc1ccc(C)cc1NC(=O)N(C)CCc1noc(-c2ccccc2)n1. The van der Waals surface area contributed by atoms with Crippen molar-refractivity contribution in [3.05, 3.63) is 59.9 Å². The summed E-state index contributed by atoms with van der Waals surface area (Å²) < 4.78 is 10.6. The van der Waals surface area contributed by atoms with Gasteiger partial charge in [-0.25, -0.2) is 4.79 Å². The first-order valence-corrected chi connectivity index (χ1v) is 8.61. The van der Waals surface area contributed by atoms with Gasteiger partial charge in [0, 0.05) is 25.6 Å². The Bertz CT molecular complexity index is 909. The van der Waals surface area contributed by atoms with Gasteiger partial charge in [0.15, 0.2) is 5.82 Å². The van der Waals surface area contributed by atoms with Gasteiger partial charge in [0.25, 0.3) is 5.89 Å². The third-order valence-electron chi connectivity index (χ3n) is 4.10. The van der Waals surface area contributed by atoms with Crippen LogP contribution in [-0.4, -0.2) is 41.8 Å². The average Bonchev–Trinajstić information content (AvgIpc) is 3.16. The average molecular weight is 366 g/mol. The molecule has 0 spiro atoms. The normalized spacial score (nSPS) is 10.5. The van der Waals surface area contributed by atoms with Gasteiger partial charge < -0.3 is 19.5 Å². The number of methoxy groups -OCH3 is 1. The number of nitrogens with zero attached hydrogens (tertiary/aromatic N) is 3. The highest BCUT2D eigenvalue weighted by Gasteiger charge is 2.14. The molecule has 0 aliphatic rings. The van der Waals surface area contributed by atoms with E-state index in [-0.39, 0.29) is 6.03 Å². The smallest absolute Gasteiger partial charge is 0.321 e. The zero-order chi connectivity index (χ0) is 19.2. The number of rotatable bonds is 6. The Kier molecular flexibility index (Phi) is 5.71.